The first kappa shape index (κ1) is 20.7. The molecular weight excluding hydrogens is 454 g/mol. The van der Waals surface area contributed by atoms with Crippen LogP contribution in [0.15, 0.2) is 109 Å². The summed E-state index contributed by atoms with van der Waals surface area (Å²) in [6.45, 7) is 0. The van der Waals surface area contributed by atoms with Crippen LogP contribution in [0.1, 0.15) is 0 Å². The lowest BCUT2D eigenvalue weighted by Gasteiger charge is -2.28. The van der Waals surface area contributed by atoms with Crippen LogP contribution in [0.25, 0.3) is 0 Å². The molecule has 0 nitrogen and oxygen atoms in total. The smallest absolute Gasteiger partial charge is 0.145 e. The Hall–Kier alpha value is -1.99. The number of benzene rings is 4. The normalized spacial score (nSPS) is 10.9. The van der Waals surface area contributed by atoms with Gasteiger partial charge in [0.05, 0.1) is 5.02 Å². The van der Waals surface area contributed by atoms with E-state index in [4.69, 9.17) is 11.6 Å². The minimum absolute atomic E-state index is 0. The molecule has 0 atom stereocenters. The molecule has 0 fully saturated rings. The monoisotopic (exact) mass is 470 g/mol. The van der Waals surface area contributed by atoms with E-state index in [9.17, 15) is 4.39 Å². The van der Waals surface area contributed by atoms with Crippen LogP contribution in [0.3, 0.4) is 0 Å². The van der Waals surface area contributed by atoms with E-state index in [1.54, 1.807) is 0 Å². The first-order valence-electron chi connectivity index (χ1n) is 8.74. The van der Waals surface area contributed by atoms with Gasteiger partial charge in [-0.25, -0.2) is 4.39 Å². The van der Waals surface area contributed by atoms with Crippen LogP contribution in [0.5, 0.6) is 0 Å². The van der Waals surface area contributed by atoms with Crippen LogP contribution in [0.4, 0.5) is 4.39 Å². The number of hydrogen-bond donors (Lipinski definition) is 0. The van der Waals surface area contributed by atoms with Crippen LogP contribution in [-0.4, -0.2) is 0 Å². The van der Waals surface area contributed by atoms with Crippen LogP contribution in [0, 0.1) is 5.82 Å². The summed E-state index contributed by atoms with van der Waals surface area (Å²) in [7, 11) is -2.26. The SMILES string of the molecule is Fc1ccc([P+](c2ccccc2)(c2ccccc2)c2ccccc2)c(Cl)c1.[Br-]. The van der Waals surface area contributed by atoms with Gasteiger partial charge in [-0.3, -0.25) is 0 Å². The maximum absolute atomic E-state index is 13.9. The highest BCUT2D eigenvalue weighted by molar-refractivity contribution is 8.01. The summed E-state index contributed by atoms with van der Waals surface area (Å²) >= 11 is 6.65. The summed E-state index contributed by atoms with van der Waals surface area (Å²) in [5.74, 6) is -0.323. The Morgan fingerprint density at radius 2 is 0.964 bits per heavy atom. The lowest BCUT2D eigenvalue weighted by atomic mass is 10.3. The van der Waals surface area contributed by atoms with Gasteiger partial charge in [0, 0.05) is 0 Å². The quantitative estimate of drug-likeness (QED) is 0.400. The summed E-state index contributed by atoms with van der Waals surface area (Å²) in [5, 5.41) is 5.00. The lowest BCUT2D eigenvalue weighted by molar-refractivity contribution is -0.00000567. The van der Waals surface area contributed by atoms with Crippen molar-refractivity contribution in [2.24, 2.45) is 0 Å². The molecule has 0 unspecified atom stereocenters. The Morgan fingerprint density at radius 3 is 1.32 bits per heavy atom. The van der Waals surface area contributed by atoms with Crippen molar-refractivity contribution in [1.82, 2.24) is 0 Å². The van der Waals surface area contributed by atoms with Crippen molar-refractivity contribution in [3.05, 3.63) is 120 Å². The van der Waals surface area contributed by atoms with E-state index in [1.165, 1.54) is 28.0 Å². The van der Waals surface area contributed by atoms with Crippen molar-refractivity contribution < 1.29 is 21.4 Å². The number of rotatable bonds is 4. The molecule has 0 saturated carbocycles. The highest BCUT2D eigenvalue weighted by Gasteiger charge is 2.49. The van der Waals surface area contributed by atoms with Gasteiger partial charge in [-0.2, -0.15) is 0 Å². The molecule has 0 radical (unpaired) electrons. The maximum Gasteiger partial charge on any atom is 0.145 e. The molecule has 0 bridgehead atoms. The summed E-state index contributed by atoms with van der Waals surface area (Å²) in [4.78, 5) is 0. The van der Waals surface area contributed by atoms with Crippen molar-refractivity contribution in [3.63, 3.8) is 0 Å². The van der Waals surface area contributed by atoms with Crippen molar-refractivity contribution in [1.29, 1.82) is 0 Å². The molecular formula is C24H18BrClFP. The highest BCUT2D eigenvalue weighted by atomic mass is 79.9. The first-order chi connectivity index (χ1) is 13.2. The van der Waals surface area contributed by atoms with Crippen molar-refractivity contribution in [2.45, 2.75) is 0 Å². The van der Waals surface area contributed by atoms with E-state index >= 15 is 0 Å². The van der Waals surface area contributed by atoms with Crippen LogP contribution >= 0.6 is 18.9 Å². The van der Waals surface area contributed by atoms with Gasteiger partial charge in [0.1, 0.15) is 34.3 Å². The zero-order chi connectivity index (χ0) is 18.7. The van der Waals surface area contributed by atoms with Gasteiger partial charge in [0.25, 0.3) is 0 Å². The van der Waals surface area contributed by atoms with Gasteiger partial charge in [0.2, 0.25) is 0 Å². The molecule has 4 aromatic carbocycles. The largest absolute Gasteiger partial charge is 1.00 e. The van der Waals surface area contributed by atoms with Crippen LogP contribution in [0.2, 0.25) is 5.02 Å². The Morgan fingerprint density at radius 1 is 0.571 bits per heavy atom. The second kappa shape index (κ2) is 9.01. The van der Waals surface area contributed by atoms with E-state index in [2.05, 4.69) is 36.4 Å². The Bertz CT molecular complexity index is 943. The van der Waals surface area contributed by atoms with Gasteiger partial charge in [0.15, 0.2) is 0 Å². The third kappa shape index (κ3) is 3.65. The Kier molecular flexibility index (Phi) is 6.67. The Labute approximate surface area is 181 Å². The molecule has 0 spiro atoms. The molecule has 4 heteroatoms. The van der Waals surface area contributed by atoms with Crippen LogP contribution < -0.4 is 38.2 Å². The number of halogens is 3. The lowest BCUT2D eigenvalue weighted by Crippen LogP contribution is -3.00. The summed E-state index contributed by atoms with van der Waals surface area (Å²) < 4.78 is 13.9. The topological polar surface area (TPSA) is 0 Å². The zero-order valence-corrected chi connectivity index (χ0v) is 18.2. The van der Waals surface area contributed by atoms with Gasteiger partial charge in [-0.05, 0) is 54.6 Å². The second-order valence-electron chi connectivity index (χ2n) is 6.27. The van der Waals surface area contributed by atoms with Gasteiger partial charge in [-0.1, -0.05) is 66.2 Å². The molecule has 0 aromatic heterocycles. The summed E-state index contributed by atoms with van der Waals surface area (Å²) in [5.41, 5.74) is 0. The molecule has 0 heterocycles. The van der Waals surface area contributed by atoms with Crippen molar-refractivity contribution in [2.75, 3.05) is 0 Å². The summed E-state index contributed by atoms with van der Waals surface area (Å²) in [6.07, 6.45) is 0. The fourth-order valence-electron chi connectivity index (χ4n) is 3.57. The molecule has 0 amide bonds. The third-order valence-corrected chi connectivity index (χ3v) is 9.48. The average molecular weight is 472 g/mol. The van der Waals surface area contributed by atoms with Gasteiger partial charge in [-0.15, -0.1) is 0 Å². The van der Waals surface area contributed by atoms with Crippen LogP contribution in [-0.2, 0) is 0 Å². The minimum atomic E-state index is -2.26. The molecule has 0 saturated heterocycles. The fraction of sp³-hybridized carbons (Fsp3) is 0. The predicted molar refractivity (Wildman–Crippen MR) is 116 cm³/mol. The maximum atomic E-state index is 13.9. The van der Waals surface area contributed by atoms with E-state index < -0.39 is 7.26 Å². The molecule has 0 N–H and O–H groups in total. The average Bonchev–Trinajstić information content (AvgIpc) is 2.72. The van der Waals surface area contributed by atoms with Crippen molar-refractivity contribution >= 4 is 40.1 Å². The first-order valence-corrected chi connectivity index (χ1v) is 10.9. The van der Waals surface area contributed by atoms with Gasteiger partial charge < -0.3 is 17.0 Å². The fourth-order valence-corrected chi connectivity index (χ4v) is 8.39. The molecule has 28 heavy (non-hydrogen) atoms. The van der Waals surface area contributed by atoms with E-state index in [0.29, 0.717) is 5.02 Å². The van der Waals surface area contributed by atoms with E-state index in [-0.39, 0.29) is 22.8 Å². The summed E-state index contributed by atoms with van der Waals surface area (Å²) in [6, 6.07) is 36.0. The Balaban J connectivity index is 0.00000225. The minimum Gasteiger partial charge on any atom is -1.00 e. The van der Waals surface area contributed by atoms with E-state index in [1.807, 2.05) is 60.7 Å². The van der Waals surface area contributed by atoms with Crippen molar-refractivity contribution in [3.8, 4) is 0 Å². The zero-order valence-electron chi connectivity index (χ0n) is 15.0. The molecule has 0 aliphatic heterocycles. The third-order valence-electron chi connectivity index (χ3n) is 4.70. The molecule has 4 rings (SSSR count). The standard InChI is InChI=1S/C24H18ClFP.BrH/c25-23-18-19(26)16-17-24(23)27(20-10-4-1-5-11-20,21-12-6-2-7-13-21)22-14-8-3-9-15-22;/h1-18H;1H/q+1;/p-1. The predicted octanol–water partition coefficient (Wildman–Crippen LogP) is 2.10. The highest BCUT2D eigenvalue weighted by Crippen LogP contribution is 2.55. The molecule has 0 aliphatic rings. The molecule has 4 aromatic rings. The molecule has 140 valence electrons. The van der Waals surface area contributed by atoms with Gasteiger partial charge >= 0.3 is 0 Å². The second-order valence-corrected chi connectivity index (χ2v) is 10.1. The number of hydrogen-bond acceptors (Lipinski definition) is 0. The van der Waals surface area contributed by atoms with E-state index in [0.717, 1.165) is 5.30 Å². The molecule has 0 aliphatic carbocycles.